The van der Waals surface area contributed by atoms with Crippen molar-refractivity contribution in [2.75, 3.05) is 13.1 Å². The average molecular weight is 111 g/mol. The first kappa shape index (κ1) is 6.99. The molecule has 0 atom stereocenters. The summed E-state index contributed by atoms with van der Waals surface area (Å²) in [6, 6.07) is 1.92. The highest BCUT2D eigenvalue weighted by atomic mass is 14.8. The standard InChI is InChI=1S/C5H9N3/c6-2-1-4-8-5-3-7/h1,4,8H,2,5-6H2/b4-1+. The molecule has 8 heavy (non-hydrogen) atoms. The molecular weight excluding hydrogens is 102 g/mol. The summed E-state index contributed by atoms with van der Waals surface area (Å²) >= 11 is 0. The van der Waals surface area contributed by atoms with Gasteiger partial charge >= 0.3 is 0 Å². The van der Waals surface area contributed by atoms with Crippen LogP contribution in [0.25, 0.3) is 0 Å². The molecule has 0 amide bonds. The normalized spacial score (nSPS) is 9.00. The van der Waals surface area contributed by atoms with Gasteiger partial charge in [-0.05, 0) is 6.20 Å². The van der Waals surface area contributed by atoms with Crippen LogP contribution in [0.2, 0.25) is 0 Å². The molecule has 0 spiro atoms. The van der Waals surface area contributed by atoms with Crippen molar-refractivity contribution in [3.63, 3.8) is 0 Å². The molecule has 3 N–H and O–H groups in total. The number of nitrogens with zero attached hydrogens (tertiary/aromatic N) is 1. The van der Waals surface area contributed by atoms with Crippen molar-refractivity contribution >= 4 is 0 Å². The van der Waals surface area contributed by atoms with E-state index in [1.54, 1.807) is 12.3 Å². The molecule has 44 valence electrons. The van der Waals surface area contributed by atoms with Crippen LogP contribution in [0.15, 0.2) is 12.3 Å². The van der Waals surface area contributed by atoms with Crippen molar-refractivity contribution in [1.82, 2.24) is 5.32 Å². The summed E-state index contributed by atoms with van der Waals surface area (Å²) in [6.45, 7) is 0.856. The summed E-state index contributed by atoms with van der Waals surface area (Å²) in [5, 5.41) is 10.7. The van der Waals surface area contributed by atoms with Gasteiger partial charge in [-0.15, -0.1) is 0 Å². The van der Waals surface area contributed by atoms with Crippen molar-refractivity contribution in [2.45, 2.75) is 0 Å². The monoisotopic (exact) mass is 111 g/mol. The highest BCUT2D eigenvalue weighted by molar-refractivity contribution is 4.84. The summed E-state index contributed by atoms with van der Waals surface area (Å²) in [6.07, 6.45) is 3.42. The second kappa shape index (κ2) is 5.99. The number of hydrogen-bond donors (Lipinski definition) is 2. The van der Waals surface area contributed by atoms with Crippen LogP contribution in [0.5, 0.6) is 0 Å². The van der Waals surface area contributed by atoms with E-state index in [0.717, 1.165) is 0 Å². The van der Waals surface area contributed by atoms with Crippen LogP contribution in [-0.2, 0) is 0 Å². The third-order valence-electron chi connectivity index (χ3n) is 0.553. The van der Waals surface area contributed by atoms with E-state index in [9.17, 15) is 0 Å². The van der Waals surface area contributed by atoms with Gasteiger partial charge in [-0.2, -0.15) is 5.26 Å². The van der Waals surface area contributed by atoms with Gasteiger partial charge in [0.25, 0.3) is 0 Å². The predicted molar refractivity (Wildman–Crippen MR) is 31.8 cm³/mol. The number of rotatable bonds is 3. The van der Waals surface area contributed by atoms with E-state index in [4.69, 9.17) is 11.0 Å². The van der Waals surface area contributed by atoms with Crippen LogP contribution in [0.4, 0.5) is 0 Å². The fraction of sp³-hybridized carbons (Fsp3) is 0.400. The minimum absolute atomic E-state index is 0.344. The Morgan fingerprint density at radius 3 is 3.00 bits per heavy atom. The Hall–Kier alpha value is -1.01. The summed E-state index contributed by atoms with van der Waals surface area (Å²) in [5.74, 6) is 0. The first-order chi connectivity index (χ1) is 3.91. The average Bonchev–Trinajstić information content (AvgIpc) is 1.81. The molecule has 0 aromatic heterocycles. The summed E-state index contributed by atoms with van der Waals surface area (Å²) in [7, 11) is 0. The molecule has 0 aliphatic rings. The lowest BCUT2D eigenvalue weighted by molar-refractivity contribution is 0.985. The largest absolute Gasteiger partial charge is 0.378 e. The molecule has 0 radical (unpaired) electrons. The number of nitrogens with two attached hydrogens (primary N) is 1. The van der Waals surface area contributed by atoms with Gasteiger partial charge < -0.3 is 11.1 Å². The van der Waals surface area contributed by atoms with Crippen LogP contribution in [0, 0.1) is 11.3 Å². The molecule has 3 heteroatoms. The van der Waals surface area contributed by atoms with Gasteiger partial charge in [0.2, 0.25) is 0 Å². The van der Waals surface area contributed by atoms with Gasteiger partial charge in [0.1, 0.15) is 6.54 Å². The molecule has 0 saturated heterocycles. The van der Waals surface area contributed by atoms with Gasteiger partial charge in [0.05, 0.1) is 6.07 Å². The first-order valence-corrected chi connectivity index (χ1v) is 2.37. The molecule has 3 nitrogen and oxygen atoms in total. The fourth-order valence-electron chi connectivity index (χ4n) is 0.256. The predicted octanol–water partition coefficient (Wildman–Crippen LogP) is -0.428. The lowest BCUT2D eigenvalue weighted by atomic mass is 10.6. The first-order valence-electron chi connectivity index (χ1n) is 2.37. The van der Waals surface area contributed by atoms with Crippen LogP contribution in [0.1, 0.15) is 0 Å². The third kappa shape index (κ3) is 4.99. The third-order valence-corrected chi connectivity index (χ3v) is 0.553. The molecule has 0 heterocycles. The molecule has 0 aliphatic heterocycles. The molecule has 0 rings (SSSR count). The van der Waals surface area contributed by atoms with E-state index >= 15 is 0 Å². The molecule has 0 unspecified atom stereocenters. The molecule has 0 fully saturated rings. The van der Waals surface area contributed by atoms with Crippen LogP contribution in [-0.4, -0.2) is 13.1 Å². The fourth-order valence-corrected chi connectivity index (χ4v) is 0.256. The number of nitriles is 1. The number of nitrogens with one attached hydrogen (secondary N) is 1. The molecular formula is C5H9N3. The molecule has 0 aromatic carbocycles. The maximum absolute atomic E-state index is 7.99. The van der Waals surface area contributed by atoms with Crippen molar-refractivity contribution < 1.29 is 0 Å². The smallest absolute Gasteiger partial charge is 0.102 e. The van der Waals surface area contributed by atoms with Gasteiger partial charge in [-0.3, -0.25) is 0 Å². The lowest BCUT2D eigenvalue weighted by Crippen LogP contribution is -2.05. The minimum Gasteiger partial charge on any atom is -0.378 e. The number of hydrogen-bond acceptors (Lipinski definition) is 3. The van der Waals surface area contributed by atoms with Crippen LogP contribution < -0.4 is 11.1 Å². The van der Waals surface area contributed by atoms with E-state index < -0.39 is 0 Å². The van der Waals surface area contributed by atoms with Crippen LogP contribution in [0.3, 0.4) is 0 Å². The highest BCUT2D eigenvalue weighted by Gasteiger charge is 1.68. The summed E-state index contributed by atoms with van der Waals surface area (Å²) < 4.78 is 0. The second-order valence-electron chi connectivity index (χ2n) is 1.18. The topological polar surface area (TPSA) is 61.8 Å². The lowest BCUT2D eigenvalue weighted by Gasteiger charge is -1.85. The van der Waals surface area contributed by atoms with Crippen molar-refractivity contribution in [3.8, 4) is 6.07 Å². The molecule has 0 aliphatic carbocycles. The molecule has 0 bridgehead atoms. The van der Waals surface area contributed by atoms with E-state index in [1.165, 1.54) is 0 Å². The maximum atomic E-state index is 7.99. The van der Waals surface area contributed by atoms with Gasteiger partial charge in [0, 0.05) is 6.54 Å². The van der Waals surface area contributed by atoms with Gasteiger partial charge in [-0.25, -0.2) is 0 Å². The van der Waals surface area contributed by atoms with Crippen molar-refractivity contribution in [3.05, 3.63) is 12.3 Å². The van der Waals surface area contributed by atoms with Gasteiger partial charge in [-0.1, -0.05) is 6.08 Å². The van der Waals surface area contributed by atoms with E-state index in [1.807, 2.05) is 6.07 Å². The zero-order valence-electron chi connectivity index (χ0n) is 4.59. The molecule has 0 saturated carbocycles. The van der Waals surface area contributed by atoms with Gasteiger partial charge in [0.15, 0.2) is 0 Å². The van der Waals surface area contributed by atoms with Crippen LogP contribution >= 0.6 is 0 Å². The Bertz CT molecular complexity index is 101. The Labute approximate surface area is 48.8 Å². The van der Waals surface area contributed by atoms with E-state index in [-0.39, 0.29) is 0 Å². The Kier molecular flexibility index (Phi) is 5.23. The Morgan fingerprint density at radius 1 is 1.75 bits per heavy atom. The van der Waals surface area contributed by atoms with E-state index in [0.29, 0.717) is 13.1 Å². The summed E-state index contributed by atoms with van der Waals surface area (Å²) in [5.41, 5.74) is 5.10. The SMILES string of the molecule is N#CCN/C=C/CN. The zero-order chi connectivity index (χ0) is 6.24. The van der Waals surface area contributed by atoms with Crippen molar-refractivity contribution in [1.29, 1.82) is 5.26 Å². The quantitative estimate of drug-likeness (QED) is 0.384. The Morgan fingerprint density at radius 2 is 2.50 bits per heavy atom. The Balaban J connectivity index is 2.94. The minimum atomic E-state index is 0.344. The van der Waals surface area contributed by atoms with Crippen molar-refractivity contribution in [2.24, 2.45) is 5.73 Å². The summed E-state index contributed by atoms with van der Waals surface area (Å²) in [4.78, 5) is 0. The second-order valence-corrected chi connectivity index (χ2v) is 1.18. The zero-order valence-corrected chi connectivity index (χ0v) is 4.59. The highest BCUT2D eigenvalue weighted by Crippen LogP contribution is 1.59. The molecule has 0 aromatic rings. The van der Waals surface area contributed by atoms with E-state index in [2.05, 4.69) is 5.32 Å². The maximum Gasteiger partial charge on any atom is 0.102 e.